The first-order valence-corrected chi connectivity index (χ1v) is 9.33. The van der Waals surface area contributed by atoms with Gasteiger partial charge < -0.3 is 10.1 Å². The van der Waals surface area contributed by atoms with E-state index in [4.69, 9.17) is 21.6 Å². The van der Waals surface area contributed by atoms with E-state index in [0.717, 1.165) is 0 Å². The quantitative estimate of drug-likeness (QED) is 0.877. The molecule has 0 aromatic carbocycles. The Labute approximate surface area is 135 Å². The van der Waals surface area contributed by atoms with Gasteiger partial charge in [0.25, 0.3) is 0 Å². The van der Waals surface area contributed by atoms with Crippen LogP contribution >= 0.6 is 11.6 Å². The SMILES string of the molecule is CS(=O)(=O)CC1(CNc2ccc(Cl)c(C#N)n2)CCOCC1. The Kier molecular flexibility index (Phi) is 5.27. The maximum absolute atomic E-state index is 11.7. The van der Waals surface area contributed by atoms with Crippen LogP contribution in [0.2, 0.25) is 5.02 Å². The summed E-state index contributed by atoms with van der Waals surface area (Å²) in [5, 5.41) is 12.4. The van der Waals surface area contributed by atoms with Gasteiger partial charge in [-0.1, -0.05) is 11.6 Å². The van der Waals surface area contributed by atoms with Crippen molar-refractivity contribution in [2.75, 3.05) is 37.1 Å². The summed E-state index contributed by atoms with van der Waals surface area (Å²) in [5.74, 6) is 0.620. The average Bonchev–Trinajstić information content (AvgIpc) is 2.45. The number of halogens is 1. The molecular formula is C14H18ClN3O3S. The van der Waals surface area contributed by atoms with Crippen LogP contribution in [0.4, 0.5) is 5.82 Å². The van der Waals surface area contributed by atoms with Crippen molar-refractivity contribution in [1.82, 2.24) is 4.98 Å². The molecule has 0 atom stereocenters. The lowest BCUT2D eigenvalue weighted by Crippen LogP contribution is -2.41. The molecule has 0 spiro atoms. The Hall–Kier alpha value is -1.36. The van der Waals surface area contributed by atoms with Crippen LogP contribution in [0.15, 0.2) is 12.1 Å². The second-order valence-electron chi connectivity index (χ2n) is 5.67. The molecule has 0 radical (unpaired) electrons. The summed E-state index contributed by atoms with van der Waals surface area (Å²) < 4.78 is 28.8. The zero-order chi connectivity index (χ0) is 16.2. The topological polar surface area (TPSA) is 92.1 Å². The van der Waals surface area contributed by atoms with E-state index in [2.05, 4.69) is 10.3 Å². The molecule has 1 aromatic heterocycles. The molecule has 0 unspecified atom stereocenters. The number of nitrogens with one attached hydrogen (secondary N) is 1. The lowest BCUT2D eigenvalue weighted by Gasteiger charge is -2.36. The van der Waals surface area contributed by atoms with Crippen LogP contribution in [0, 0.1) is 16.7 Å². The second kappa shape index (κ2) is 6.82. The Balaban J connectivity index is 2.13. The summed E-state index contributed by atoms with van der Waals surface area (Å²) in [7, 11) is -3.10. The summed E-state index contributed by atoms with van der Waals surface area (Å²) >= 11 is 5.85. The molecule has 1 N–H and O–H groups in total. The zero-order valence-corrected chi connectivity index (χ0v) is 13.9. The molecule has 1 fully saturated rings. The third-order valence-corrected chi connectivity index (χ3v) is 5.16. The van der Waals surface area contributed by atoms with Crippen LogP contribution in [0.5, 0.6) is 0 Å². The van der Waals surface area contributed by atoms with Crippen LogP contribution in [0.25, 0.3) is 0 Å². The molecule has 0 saturated carbocycles. The number of pyridine rings is 1. The lowest BCUT2D eigenvalue weighted by molar-refractivity contribution is 0.0315. The molecule has 22 heavy (non-hydrogen) atoms. The number of hydrogen-bond acceptors (Lipinski definition) is 6. The minimum atomic E-state index is -3.10. The van der Waals surface area contributed by atoms with Gasteiger partial charge in [0.1, 0.15) is 21.7 Å². The van der Waals surface area contributed by atoms with Gasteiger partial charge in [0.05, 0.1) is 10.8 Å². The summed E-state index contributed by atoms with van der Waals surface area (Å²) in [4.78, 5) is 4.12. The van der Waals surface area contributed by atoms with Gasteiger partial charge in [0.15, 0.2) is 5.69 Å². The largest absolute Gasteiger partial charge is 0.381 e. The molecule has 1 aliphatic rings. The van der Waals surface area contributed by atoms with Gasteiger partial charge in [-0.15, -0.1) is 0 Å². The maximum atomic E-state index is 11.7. The van der Waals surface area contributed by atoms with Crippen molar-refractivity contribution in [3.05, 3.63) is 22.8 Å². The Morgan fingerprint density at radius 2 is 2.14 bits per heavy atom. The molecule has 1 aromatic rings. The van der Waals surface area contributed by atoms with Crippen molar-refractivity contribution in [3.63, 3.8) is 0 Å². The van der Waals surface area contributed by atoms with E-state index < -0.39 is 9.84 Å². The number of sulfone groups is 1. The smallest absolute Gasteiger partial charge is 0.161 e. The Bertz CT molecular complexity index is 679. The number of hydrogen-bond donors (Lipinski definition) is 1. The number of anilines is 1. The number of ether oxygens (including phenoxy) is 1. The fraction of sp³-hybridized carbons (Fsp3) is 0.571. The molecule has 0 aliphatic carbocycles. The van der Waals surface area contributed by atoms with E-state index in [1.54, 1.807) is 12.1 Å². The first-order valence-electron chi connectivity index (χ1n) is 6.90. The van der Waals surface area contributed by atoms with Crippen LogP contribution in [-0.4, -0.2) is 45.2 Å². The van der Waals surface area contributed by atoms with E-state index in [-0.39, 0.29) is 16.9 Å². The van der Waals surface area contributed by atoms with Gasteiger partial charge in [-0.3, -0.25) is 0 Å². The second-order valence-corrected chi connectivity index (χ2v) is 8.22. The van der Waals surface area contributed by atoms with Gasteiger partial charge in [-0.25, -0.2) is 13.4 Å². The van der Waals surface area contributed by atoms with Crippen LogP contribution in [-0.2, 0) is 14.6 Å². The lowest BCUT2D eigenvalue weighted by atomic mass is 9.82. The highest BCUT2D eigenvalue weighted by Crippen LogP contribution is 2.32. The third-order valence-electron chi connectivity index (χ3n) is 3.72. The zero-order valence-electron chi connectivity index (χ0n) is 12.3. The van der Waals surface area contributed by atoms with Crippen molar-refractivity contribution in [1.29, 1.82) is 5.26 Å². The van der Waals surface area contributed by atoms with E-state index in [1.165, 1.54) is 6.26 Å². The summed E-state index contributed by atoms with van der Waals surface area (Å²) in [6, 6.07) is 5.20. The molecule has 0 amide bonds. The fourth-order valence-corrected chi connectivity index (χ4v) is 4.28. The highest BCUT2D eigenvalue weighted by molar-refractivity contribution is 7.90. The van der Waals surface area contributed by atoms with E-state index in [0.29, 0.717) is 43.4 Å². The minimum absolute atomic E-state index is 0.106. The maximum Gasteiger partial charge on any atom is 0.161 e. The number of nitrogens with zero attached hydrogens (tertiary/aromatic N) is 2. The van der Waals surface area contributed by atoms with Gasteiger partial charge in [-0.2, -0.15) is 5.26 Å². The molecule has 6 nitrogen and oxygen atoms in total. The van der Waals surface area contributed by atoms with Crippen molar-refractivity contribution in [2.45, 2.75) is 12.8 Å². The van der Waals surface area contributed by atoms with Crippen molar-refractivity contribution < 1.29 is 13.2 Å². The Morgan fingerprint density at radius 3 is 2.73 bits per heavy atom. The van der Waals surface area contributed by atoms with Crippen LogP contribution in [0.1, 0.15) is 18.5 Å². The first kappa shape index (κ1) is 17.0. The number of aromatic nitrogens is 1. The molecule has 2 heterocycles. The van der Waals surface area contributed by atoms with Gasteiger partial charge >= 0.3 is 0 Å². The summed E-state index contributed by atoms with van der Waals surface area (Å²) in [5.41, 5.74) is -0.226. The predicted molar refractivity (Wildman–Crippen MR) is 84.6 cm³/mol. The molecule has 120 valence electrons. The number of nitriles is 1. The van der Waals surface area contributed by atoms with Gasteiger partial charge in [0, 0.05) is 31.4 Å². The highest BCUT2D eigenvalue weighted by atomic mass is 35.5. The molecule has 2 rings (SSSR count). The summed E-state index contributed by atoms with van der Waals surface area (Å²) in [6.07, 6.45) is 2.59. The predicted octanol–water partition coefficient (Wildman–Crippen LogP) is 1.86. The van der Waals surface area contributed by atoms with E-state index >= 15 is 0 Å². The van der Waals surface area contributed by atoms with Crippen molar-refractivity contribution >= 4 is 27.3 Å². The third kappa shape index (κ3) is 4.57. The Morgan fingerprint density at radius 1 is 1.45 bits per heavy atom. The number of rotatable bonds is 5. The van der Waals surface area contributed by atoms with E-state index in [1.807, 2.05) is 6.07 Å². The molecule has 0 bridgehead atoms. The first-order chi connectivity index (χ1) is 10.3. The van der Waals surface area contributed by atoms with Gasteiger partial charge in [-0.05, 0) is 25.0 Å². The molecule has 1 saturated heterocycles. The molecular weight excluding hydrogens is 326 g/mol. The summed E-state index contributed by atoms with van der Waals surface area (Å²) in [6.45, 7) is 1.56. The average molecular weight is 344 g/mol. The van der Waals surface area contributed by atoms with Gasteiger partial charge in [0.2, 0.25) is 0 Å². The van der Waals surface area contributed by atoms with Crippen LogP contribution in [0.3, 0.4) is 0 Å². The monoisotopic (exact) mass is 343 g/mol. The molecule has 1 aliphatic heterocycles. The normalized spacial score (nSPS) is 17.7. The van der Waals surface area contributed by atoms with Crippen molar-refractivity contribution in [2.24, 2.45) is 5.41 Å². The highest BCUT2D eigenvalue weighted by Gasteiger charge is 2.35. The fourth-order valence-electron chi connectivity index (χ4n) is 2.63. The van der Waals surface area contributed by atoms with E-state index in [9.17, 15) is 8.42 Å². The standard InChI is InChI=1S/C14H18ClN3O3S/c1-22(19,20)10-14(4-6-21-7-5-14)9-17-13-3-2-11(15)12(8-16)18-13/h2-3H,4-7,9-10H2,1H3,(H,17,18). The minimum Gasteiger partial charge on any atom is -0.381 e. The molecule has 8 heteroatoms. The van der Waals surface area contributed by atoms with Crippen molar-refractivity contribution in [3.8, 4) is 6.07 Å². The van der Waals surface area contributed by atoms with Crippen LogP contribution < -0.4 is 5.32 Å².